The van der Waals surface area contributed by atoms with Gasteiger partial charge in [-0.2, -0.15) is 4.98 Å². The van der Waals surface area contributed by atoms with E-state index in [0.717, 1.165) is 25.9 Å². The Morgan fingerprint density at radius 3 is 2.84 bits per heavy atom. The summed E-state index contributed by atoms with van der Waals surface area (Å²) in [5.74, 6) is -0.488. The van der Waals surface area contributed by atoms with E-state index < -0.39 is 0 Å². The molecule has 1 aromatic heterocycles. The number of nitrogens with two attached hydrogens (primary N) is 1. The molecule has 0 aliphatic carbocycles. The first-order chi connectivity index (χ1) is 15.4. The van der Waals surface area contributed by atoms with Crippen LogP contribution in [0.25, 0.3) is 0 Å². The number of rotatable bonds is 8. The third kappa shape index (κ3) is 6.44. The van der Waals surface area contributed by atoms with Crippen LogP contribution in [-0.2, 0) is 19.0 Å². The third-order valence-electron chi connectivity index (χ3n) is 5.73. The number of aromatic nitrogens is 1. The number of nitrogen functional groups attached to an aromatic ring is 1. The molecule has 10 nitrogen and oxygen atoms in total. The van der Waals surface area contributed by atoms with E-state index in [1.165, 1.54) is 13.2 Å². The van der Waals surface area contributed by atoms with Crippen LogP contribution in [-0.4, -0.2) is 87.1 Å². The zero-order chi connectivity index (χ0) is 23.1. The fourth-order valence-corrected chi connectivity index (χ4v) is 4.08. The molecule has 3 N–H and O–H groups in total. The van der Waals surface area contributed by atoms with Gasteiger partial charge in [-0.3, -0.25) is 14.5 Å². The molecule has 32 heavy (non-hydrogen) atoms. The molecule has 1 unspecified atom stereocenters. The summed E-state index contributed by atoms with van der Waals surface area (Å²) in [6.45, 7) is 2.27. The minimum Gasteiger partial charge on any atom is -0.480 e. The number of hydrogen-bond acceptors (Lipinski definition) is 9. The third-order valence-corrected chi connectivity index (χ3v) is 6.03. The van der Waals surface area contributed by atoms with Crippen molar-refractivity contribution < 1.29 is 28.5 Å². The summed E-state index contributed by atoms with van der Waals surface area (Å²) in [6.07, 6.45) is 3.37. The van der Waals surface area contributed by atoms with Gasteiger partial charge in [0.2, 0.25) is 5.88 Å². The number of halogens is 1. The molecule has 11 heteroatoms. The molecule has 2 saturated heterocycles. The number of likely N-dealkylation sites (tertiary alicyclic amines) is 1. The van der Waals surface area contributed by atoms with E-state index in [1.54, 1.807) is 7.11 Å². The fraction of sp³-hybridized carbons (Fsp3) is 0.667. The highest BCUT2D eigenvalue weighted by Crippen LogP contribution is 2.25. The average Bonchev–Trinajstić information content (AvgIpc) is 2.80. The Labute approximate surface area is 192 Å². The summed E-state index contributed by atoms with van der Waals surface area (Å²) >= 11 is 6.02. The van der Waals surface area contributed by atoms with Crippen molar-refractivity contribution in [2.45, 2.75) is 43.9 Å². The first kappa shape index (κ1) is 24.5. The lowest BCUT2D eigenvalue weighted by molar-refractivity contribution is -0.151. The Hall–Kier alpha value is -2.14. The van der Waals surface area contributed by atoms with Crippen molar-refractivity contribution in [2.75, 3.05) is 52.8 Å². The summed E-state index contributed by atoms with van der Waals surface area (Å²) in [6, 6.07) is 1.18. The number of nitrogens with zero attached hydrogens (tertiary/aromatic N) is 2. The first-order valence-electron chi connectivity index (χ1n) is 10.7. The Bertz CT molecular complexity index is 805. The molecule has 0 bridgehead atoms. The second-order valence-electron chi connectivity index (χ2n) is 7.96. The standard InChI is InChI=1S/C21H31ClN4O6/c1-29-17-10-26(11-18(27)32-12-13-5-3-4-8-31-13)7-6-16(17)24-20(28)14-9-15(22)19(23)25-21(14)30-2/h9,13,16-17H,3-8,10-12H2,1-2H3,(H2,23,25)(H,24,28)/t13?,16-,17+/m0/s1. The molecule has 0 radical (unpaired) electrons. The van der Waals surface area contributed by atoms with Crippen molar-refractivity contribution in [3.8, 4) is 5.88 Å². The molecule has 2 aliphatic heterocycles. The number of ether oxygens (including phenoxy) is 4. The number of pyridine rings is 1. The van der Waals surface area contributed by atoms with Gasteiger partial charge in [0.15, 0.2) is 0 Å². The lowest BCUT2D eigenvalue weighted by Gasteiger charge is -2.37. The van der Waals surface area contributed by atoms with Gasteiger partial charge in [-0.05, 0) is 31.7 Å². The van der Waals surface area contributed by atoms with Crippen LogP contribution in [0, 0.1) is 0 Å². The van der Waals surface area contributed by atoms with Crippen LogP contribution < -0.4 is 15.8 Å². The van der Waals surface area contributed by atoms with Crippen molar-refractivity contribution in [3.05, 3.63) is 16.7 Å². The van der Waals surface area contributed by atoms with Crippen LogP contribution >= 0.6 is 11.6 Å². The van der Waals surface area contributed by atoms with E-state index in [4.69, 9.17) is 36.3 Å². The van der Waals surface area contributed by atoms with Crippen LogP contribution in [0.5, 0.6) is 5.88 Å². The Morgan fingerprint density at radius 1 is 1.34 bits per heavy atom. The van der Waals surface area contributed by atoms with Crippen molar-refractivity contribution in [1.82, 2.24) is 15.2 Å². The lowest BCUT2D eigenvalue weighted by atomic mass is 10.0. The zero-order valence-corrected chi connectivity index (χ0v) is 19.2. The van der Waals surface area contributed by atoms with Gasteiger partial charge in [0.1, 0.15) is 18.0 Å². The van der Waals surface area contributed by atoms with E-state index in [9.17, 15) is 9.59 Å². The molecule has 3 heterocycles. The largest absolute Gasteiger partial charge is 0.480 e. The molecule has 2 aliphatic rings. The van der Waals surface area contributed by atoms with Crippen LogP contribution in [0.3, 0.4) is 0 Å². The Kier molecular flexibility index (Phi) is 8.92. The molecule has 3 atom stereocenters. The quantitative estimate of drug-likeness (QED) is 0.540. The van der Waals surface area contributed by atoms with Gasteiger partial charge in [0.25, 0.3) is 5.91 Å². The SMILES string of the molecule is COc1nc(N)c(Cl)cc1C(=O)N[C@H]1CCN(CC(=O)OCC2CCCCO2)C[C@H]1OC. The molecule has 0 saturated carbocycles. The van der Waals surface area contributed by atoms with Gasteiger partial charge in [-0.25, -0.2) is 0 Å². The minimum absolute atomic E-state index is 0.00584. The summed E-state index contributed by atoms with van der Waals surface area (Å²) in [7, 11) is 2.98. The predicted molar refractivity (Wildman–Crippen MR) is 118 cm³/mol. The molecule has 0 spiro atoms. The molecule has 178 valence electrons. The highest BCUT2D eigenvalue weighted by molar-refractivity contribution is 6.33. The van der Waals surface area contributed by atoms with Crippen LogP contribution in [0.2, 0.25) is 5.02 Å². The van der Waals surface area contributed by atoms with E-state index in [2.05, 4.69) is 10.3 Å². The number of nitrogens with one attached hydrogen (secondary N) is 1. The van der Waals surface area contributed by atoms with Crippen molar-refractivity contribution >= 4 is 29.3 Å². The molecule has 1 amide bonds. The van der Waals surface area contributed by atoms with Crippen molar-refractivity contribution in [3.63, 3.8) is 0 Å². The molecule has 1 aromatic rings. The maximum atomic E-state index is 12.8. The summed E-state index contributed by atoms with van der Waals surface area (Å²) in [5.41, 5.74) is 5.88. The Morgan fingerprint density at radius 2 is 2.16 bits per heavy atom. The average molecular weight is 471 g/mol. The van der Waals surface area contributed by atoms with E-state index in [-0.39, 0.29) is 59.0 Å². The number of hydrogen-bond donors (Lipinski definition) is 2. The maximum absolute atomic E-state index is 12.8. The maximum Gasteiger partial charge on any atom is 0.320 e. The number of methoxy groups -OCH3 is 2. The van der Waals surface area contributed by atoms with Crippen LogP contribution in [0.4, 0.5) is 5.82 Å². The van der Waals surface area contributed by atoms with Gasteiger partial charge in [0, 0.05) is 26.8 Å². The highest BCUT2D eigenvalue weighted by Gasteiger charge is 2.32. The number of piperidine rings is 1. The normalized spacial score (nSPS) is 24.0. The van der Waals surface area contributed by atoms with Gasteiger partial charge in [-0.1, -0.05) is 11.6 Å². The second-order valence-corrected chi connectivity index (χ2v) is 8.37. The van der Waals surface area contributed by atoms with Crippen LogP contribution in [0.15, 0.2) is 6.07 Å². The van der Waals surface area contributed by atoms with Gasteiger partial charge < -0.3 is 30.0 Å². The van der Waals surface area contributed by atoms with Gasteiger partial charge >= 0.3 is 5.97 Å². The topological polar surface area (TPSA) is 125 Å². The first-order valence-corrected chi connectivity index (χ1v) is 11.1. The molecular formula is C21H31ClN4O6. The number of esters is 1. The summed E-state index contributed by atoms with van der Waals surface area (Å²) < 4.78 is 21.7. The second kappa shape index (κ2) is 11.6. The van der Waals surface area contributed by atoms with Gasteiger partial charge in [-0.15, -0.1) is 0 Å². The van der Waals surface area contributed by atoms with E-state index in [0.29, 0.717) is 26.1 Å². The summed E-state index contributed by atoms with van der Waals surface area (Å²) in [5, 5.41) is 3.13. The lowest BCUT2D eigenvalue weighted by Crippen LogP contribution is -2.55. The van der Waals surface area contributed by atoms with Crippen molar-refractivity contribution in [1.29, 1.82) is 0 Å². The fourth-order valence-electron chi connectivity index (χ4n) is 3.93. The number of amides is 1. The molecule has 0 aromatic carbocycles. The monoisotopic (exact) mass is 470 g/mol. The number of carbonyl (C=O) groups excluding carboxylic acids is 2. The highest BCUT2D eigenvalue weighted by atomic mass is 35.5. The predicted octanol–water partition coefficient (Wildman–Crippen LogP) is 1.26. The number of carbonyl (C=O) groups is 2. The minimum atomic E-state index is -0.386. The molecular weight excluding hydrogens is 440 g/mol. The van der Waals surface area contributed by atoms with Crippen molar-refractivity contribution in [2.24, 2.45) is 0 Å². The Balaban J connectivity index is 1.51. The zero-order valence-electron chi connectivity index (χ0n) is 18.5. The van der Waals surface area contributed by atoms with Gasteiger partial charge in [0.05, 0.1) is 36.9 Å². The molecule has 3 rings (SSSR count). The van der Waals surface area contributed by atoms with E-state index >= 15 is 0 Å². The van der Waals surface area contributed by atoms with Crippen LogP contribution in [0.1, 0.15) is 36.0 Å². The summed E-state index contributed by atoms with van der Waals surface area (Å²) in [4.78, 5) is 31.0. The molecule has 2 fully saturated rings. The number of anilines is 1. The van der Waals surface area contributed by atoms with E-state index in [1.807, 2.05) is 4.90 Å². The smallest absolute Gasteiger partial charge is 0.320 e.